The quantitative estimate of drug-likeness (QED) is 0.412. The summed E-state index contributed by atoms with van der Waals surface area (Å²) >= 11 is 12.2. The third kappa shape index (κ3) is 5.47. The van der Waals surface area contributed by atoms with Gasteiger partial charge in [-0.2, -0.15) is 5.10 Å². The van der Waals surface area contributed by atoms with E-state index < -0.39 is 11.8 Å². The van der Waals surface area contributed by atoms with Crippen molar-refractivity contribution in [3.8, 4) is 0 Å². The van der Waals surface area contributed by atoms with E-state index in [9.17, 15) is 9.59 Å². The van der Waals surface area contributed by atoms with Gasteiger partial charge in [0.1, 0.15) is 0 Å². The number of benzene rings is 2. The highest BCUT2D eigenvalue weighted by molar-refractivity contribution is 6.35. The van der Waals surface area contributed by atoms with E-state index in [0.717, 1.165) is 11.3 Å². The first kappa shape index (κ1) is 19.8. The SMILES string of the molecule is CCNC(=O)C(=O)N/N=C\c1cc(Cl)ccc1Nc1ccc(C)c(Cl)c1. The minimum Gasteiger partial charge on any atom is -0.355 e. The number of rotatable bonds is 5. The molecule has 136 valence electrons. The molecule has 2 amide bonds. The van der Waals surface area contributed by atoms with Gasteiger partial charge < -0.3 is 10.6 Å². The van der Waals surface area contributed by atoms with Crippen molar-refractivity contribution in [2.24, 2.45) is 5.10 Å². The number of halogens is 2. The second-order valence-electron chi connectivity index (χ2n) is 5.38. The molecule has 0 aliphatic carbocycles. The number of nitrogens with one attached hydrogen (secondary N) is 3. The molecule has 0 bridgehead atoms. The molecule has 26 heavy (non-hydrogen) atoms. The Kier molecular flexibility index (Phi) is 7.00. The number of amides is 2. The molecule has 0 aliphatic rings. The Labute approximate surface area is 161 Å². The predicted octanol–water partition coefficient (Wildman–Crippen LogP) is 3.63. The number of hydrogen-bond donors (Lipinski definition) is 3. The van der Waals surface area contributed by atoms with Crippen molar-refractivity contribution < 1.29 is 9.59 Å². The lowest BCUT2D eigenvalue weighted by atomic mass is 10.1. The lowest BCUT2D eigenvalue weighted by Gasteiger charge is -2.11. The van der Waals surface area contributed by atoms with Crippen LogP contribution in [0.3, 0.4) is 0 Å². The molecule has 8 heteroatoms. The molecule has 6 nitrogen and oxygen atoms in total. The van der Waals surface area contributed by atoms with Gasteiger partial charge >= 0.3 is 11.8 Å². The summed E-state index contributed by atoms with van der Waals surface area (Å²) < 4.78 is 0. The first-order valence-corrected chi connectivity index (χ1v) is 8.60. The third-order valence-electron chi connectivity index (χ3n) is 3.38. The molecule has 0 fully saturated rings. The van der Waals surface area contributed by atoms with Gasteiger partial charge in [0.25, 0.3) is 0 Å². The summed E-state index contributed by atoms with van der Waals surface area (Å²) in [5, 5.41) is 10.6. The van der Waals surface area contributed by atoms with E-state index in [1.54, 1.807) is 25.1 Å². The zero-order valence-electron chi connectivity index (χ0n) is 14.3. The molecule has 2 aromatic rings. The summed E-state index contributed by atoms with van der Waals surface area (Å²) in [7, 11) is 0. The van der Waals surface area contributed by atoms with Crippen molar-refractivity contribution in [1.29, 1.82) is 0 Å². The van der Waals surface area contributed by atoms with Crippen LogP contribution in [0.4, 0.5) is 11.4 Å². The van der Waals surface area contributed by atoms with Gasteiger partial charge in [0.15, 0.2) is 0 Å². The normalized spacial score (nSPS) is 10.6. The van der Waals surface area contributed by atoms with E-state index in [1.807, 2.05) is 25.1 Å². The summed E-state index contributed by atoms with van der Waals surface area (Å²) in [4.78, 5) is 22.9. The van der Waals surface area contributed by atoms with E-state index in [4.69, 9.17) is 23.2 Å². The highest BCUT2D eigenvalue weighted by Gasteiger charge is 2.10. The Morgan fingerprint density at radius 1 is 1.12 bits per heavy atom. The minimum atomic E-state index is -0.843. The highest BCUT2D eigenvalue weighted by Crippen LogP contribution is 2.26. The van der Waals surface area contributed by atoms with Crippen molar-refractivity contribution in [1.82, 2.24) is 10.7 Å². The maximum atomic E-state index is 11.5. The monoisotopic (exact) mass is 392 g/mol. The first-order valence-electron chi connectivity index (χ1n) is 7.84. The number of aryl methyl sites for hydroxylation is 1. The van der Waals surface area contributed by atoms with Gasteiger partial charge in [0.2, 0.25) is 0 Å². The predicted molar refractivity (Wildman–Crippen MR) is 105 cm³/mol. The van der Waals surface area contributed by atoms with Gasteiger partial charge in [-0.25, -0.2) is 5.43 Å². The number of carbonyl (C=O) groups excluding carboxylic acids is 2. The fraction of sp³-hybridized carbons (Fsp3) is 0.167. The summed E-state index contributed by atoms with van der Waals surface area (Å²) in [5.41, 5.74) is 5.28. The zero-order chi connectivity index (χ0) is 19.1. The van der Waals surface area contributed by atoms with Crippen LogP contribution in [0.5, 0.6) is 0 Å². The average molecular weight is 393 g/mol. The molecule has 0 saturated carbocycles. The van der Waals surface area contributed by atoms with E-state index in [1.165, 1.54) is 6.21 Å². The van der Waals surface area contributed by atoms with Gasteiger partial charge in [-0.1, -0.05) is 29.3 Å². The maximum Gasteiger partial charge on any atom is 0.329 e. The van der Waals surface area contributed by atoms with Crippen LogP contribution in [0.15, 0.2) is 41.5 Å². The first-order chi connectivity index (χ1) is 12.4. The Morgan fingerprint density at radius 3 is 2.58 bits per heavy atom. The van der Waals surface area contributed by atoms with Gasteiger partial charge in [0, 0.05) is 33.5 Å². The average Bonchev–Trinajstić information content (AvgIpc) is 2.60. The fourth-order valence-corrected chi connectivity index (χ4v) is 2.39. The standard InChI is InChI=1S/C18H18Cl2N4O2/c1-3-21-17(25)18(26)24-22-10-12-8-13(19)5-7-16(12)23-14-6-4-11(2)15(20)9-14/h4-10,23H,3H2,1-2H3,(H,21,25)(H,24,26)/b22-10-. The number of anilines is 2. The number of nitrogens with zero attached hydrogens (tertiary/aromatic N) is 1. The molecule has 0 unspecified atom stereocenters. The Balaban J connectivity index is 2.16. The van der Waals surface area contributed by atoms with Crippen molar-refractivity contribution in [3.63, 3.8) is 0 Å². The van der Waals surface area contributed by atoms with Crippen molar-refractivity contribution in [3.05, 3.63) is 57.6 Å². The molecule has 0 spiro atoms. The lowest BCUT2D eigenvalue weighted by molar-refractivity contribution is -0.139. The second kappa shape index (κ2) is 9.22. The Hall–Kier alpha value is -2.57. The summed E-state index contributed by atoms with van der Waals surface area (Å²) in [6.07, 6.45) is 1.40. The Bertz CT molecular complexity index is 853. The number of carbonyl (C=O) groups is 2. The van der Waals surface area contributed by atoms with Gasteiger partial charge in [0.05, 0.1) is 6.21 Å². The molecule has 3 N–H and O–H groups in total. The summed E-state index contributed by atoms with van der Waals surface area (Å²) in [6, 6.07) is 10.8. The van der Waals surface area contributed by atoms with Crippen LogP contribution in [-0.2, 0) is 9.59 Å². The third-order valence-corrected chi connectivity index (χ3v) is 4.02. The van der Waals surface area contributed by atoms with E-state index >= 15 is 0 Å². The molecule has 0 radical (unpaired) electrons. The molecule has 0 saturated heterocycles. The van der Waals surface area contributed by atoms with E-state index in [-0.39, 0.29) is 0 Å². The van der Waals surface area contributed by atoms with E-state index in [2.05, 4.69) is 21.2 Å². The minimum absolute atomic E-state index is 0.359. The van der Waals surface area contributed by atoms with Crippen LogP contribution in [-0.4, -0.2) is 24.6 Å². The highest BCUT2D eigenvalue weighted by atomic mass is 35.5. The number of hydrazone groups is 1. The lowest BCUT2D eigenvalue weighted by Crippen LogP contribution is -2.37. The van der Waals surface area contributed by atoms with Crippen molar-refractivity contribution >= 4 is 52.6 Å². The summed E-state index contributed by atoms with van der Waals surface area (Å²) in [6.45, 7) is 4.00. The van der Waals surface area contributed by atoms with Gasteiger partial charge in [-0.05, 0) is 49.7 Å². The topological polar surface area (TPSA) is 82.6 Å². The van der Waals surface area contributed by atoms with Gasteiger partial charge in [-0.3, -0.25) is 9.59 Å². The van der Waals surface area contributed by atoms with Crippen LogP contribution < -0.4 is 16.1 Å². The molecule has 2 aromatic carbocycles. The van der Waals surface area contributed by atoms with Crippen molar-refractivity contribution in [2.45, 2.75) is 13.8 Å². The van der Waals surface area contributed by atoms with E-state index in [0.29, 0.717) is 27.8 Å². The fourth-order valence-electron chi connectivity index (χ4n) is 2.03. The molecule has 0 atom stereocenters. The smallest absolute Gasteiger partial charge is 0.329 e. The molecule has 0 heterocycles. The Morgan fingerprint density at radius 2 is 1.88 bits per heavy atom. The number of hydrogen-bond acceptors (Lipinski definition) is 4. The zero-order valence-corrected chi connectivity index (χ0v) is 15.8. The summed E-state index contributed by atoms with van der Waals surface area (Å²) in [5.74, 6) is -1.59. The molecule has 2 rings (SSSR count). The molecule has 0 aromatic heterocycles. The van der Waals surface area contributed by atoms with Gasteiger partial charge in [-0.15, -0.1) is 0 Å². The van der Waals surface area contributed by atoms with Crippen LogP contribution in [0.1, 0.15) is 18.1 Å². The largest absolute Gasteiger partial charge is 0.355 e. The number of likely N-dealkylation sites (N-methyl/N-ethyl adjacent to an activating group) is 1. The van der Waals surface area contributed by atoms with Crippen LogP contribution in [0.2, 0.25) is 10.0 Å². The van der Waals surface area contributed by atoms with Crippen LogP contribution in [0.25, 0.3) is 0 Å². The maximum absolute atomic E-state index is 11.5. The van der Waals surface area contributed by atoms with Crippen molar-refractivity contribution in [2.75, 3.05) is 11.9 Å². The molecule has 0 aliphatic heterocycles. The molecular weight excluding hydrogens is 375 g/mol. The van der Waals surface area contributed by atoms with Crippen LogP contribution in [0, 0.1) is 6.92 Å². The second-order valence-corrected chi connectivity index (χ2v) is 6.22. The van der Waals surface area contributed by atoms with Crippen LogP contribution >= 0.6 is 23.2 Å². The molecular formula is C18H18Cl2N4O2.